The van der Waals surface area contributed by atoms with Crippen LogP contribution in [0.4, 0.5) is 18.9 Å². The van der Waals surface area contributed by atoms with Crippen LogP contribution in [-0.4, -0.2) is 98.1 Å². The first-order valence-corrected chi connectivity index (χ1v) is 20.6. The molecule has 4 fully saturated rings. The number of hydrogen-bond acceptors (Lipinski definition) is 9. The van der Waals surface area contributed by atoms with Crippen molar-refractivity contribution in [3.8, 4) is 5.75 Å². The molecule has 1 aliphatic carbocycles. The number of imidazole rings is 1. The predicted molar refractivity (Wildman–Crippen MR) is 215 cm³/mol. The largest absolute Gasteiger partial charge is 0.503 e. The third-order valence-electron chi connectivity index (χ3n) is 12.9. The van der Waals surface area contributed by atoms with Gasteiger partial charge in [0.2, 0.25) is 17.6 Å². The van der Waals surface area contributed by atoms with E-state index < -0.39 is 46.6 Å². The summed E-state index contributed by atoms with van der Waals surface area (Å²) in [5, 5.41) is 20.2. The molecule has 3 N–H and O–H groups in total. The fourth-order valence-corrected chi connectivity index (χ4v) is 9.54. The molecule has 1 saturated carbocycles. The average Bonchev–Trinajstić information content (AvgIpc) is 3.77. The maximum Gasteiger partial charge on any atom is 0.329 e. The highest BCUT2D eigenvalue weighted by atomic mass is 19.2. The van der Waals surface area contributed by atoms with E-state index in [4.69, 9.17) is 9.84 Å². The van der Waals surface area contributed by atoms with Crippen molar-refractivity contribution in [1.82, 2.24) is 34.4 Å². The molecule has 0 radical (unpaired) electrons. The first kappa shape index (κ1) is 39.8. The molecule has 60 heavy (non-hydrogen) atoms. The van der Waals surface area contributed by atoms with Crippen LogP contribution in [0.1, 0.15) is 73.0 Å². The summed E-state index contributed by atoms with van der Waals surface area (Å²) in [4.78, 5) is 54.7. The van der Waals surface area contributed by atoms with Crippen molar-refractivity contribution in [2.75, 3.05) is 50.8 Å². The Morgan fingerprint density at radius 2 is 1.78 bits per heavy atom. The Bertz CT molecular complexity index is 2570. The number of carbonyl (C=O) groups excluding carboxylic acids is 3. The van der Waals surface area contributed by atoms with Crippen molar-refractivity contribution in [3.63, 3.8) is 0 Å². The second-order valence-electron chi connectivity index (χ2n) is 16.9. The summed E-state index contributed by atoms with van der Waals surface area (Å²) in [6, 6.07) is 12.3. The number of aromatic nitrogens is 4. The number of phenolic OH excluding ortho intramolecular Hbond substituents is 1. The van der Waals surface area contributed by atoms with Crippen LogP contribution in [0.5, 0.6) is 5.75 Å². The number of halogens is 3. The van der Waals surface area contributed by atoms with Crippen molar-refractivity contribution < 1.29 is 37.4 Å². The first-order chi connectivity index (χ1) is 28.9. The summed E-state index contributed by atoms with van der Waals surface area (Å²) in [6.07, 6.45) is 7.61. The van der Waals surface area contributed by atoms with Crippen molar-refractivity contribution in [2.24, 2.45) is 13.0 Å². The van der Waals surface area contributed by atoms with Crippen LogP contribution in [-0.2, 0) is 27.8 Å². The Labute approximate surface area is 342 Å². The molecule has 3 saturated heterocycles. The van der Waals surface area contributed by atoms with Gasteiger partial charge < -0.3 is 20.1 Å². The SMILES string of the molecule is Cn1c(=O)n(C2CCC(=O)NC2=O)c2ccc(CCCN3CCOC4(C3)CN(c3ccc5cn(C6CCC(CNC(=O)c7cc(F)c(O)c(F)c7F)CC6)nc5c3)C4)cc21. The van der Waals surface area contributed by atoms with Gasteiger partial charge in [0.25, 0.3) is 5.91 Å². The lowest BCUT2D eigenvalue weighted by atomic mass is 9.86. The maximum absolute atomic E-state index is 14.2. The Balaban J connectivity index is 0.751. The van der Waals surface area contributed by atoms with E-state index in [2.05, 4.69) is 44.8 Å². The van der Waals surface area contributed by atoms with Crippen LogP contribution >= 0.6 is 0 Å². The number of amides is 3. The van der Waals surface area contributed by atoms with Gasteiger partial charge in [-0.05, 0) is 99.4 Å². The summed E-state index contributed by atoms with van der Waals surface area (Å²) in [7, 11) is 1.71. The summed E-state index contributed by atoms with van der Waals surface area (Å²) < 4.78 is 53.1. The molecule has 9 rings (SSSR count). The van der Waals surface area contributed by atoms with E-state index in [-0.39, 0.29) is 42.1 Å². The molecule has 0 bridgehead atoms. The quantitative estimate of drug-likeness (QED) is 0.137. The molecular weight excluding hydrogens is 782 g/mol. The minimum Gasteiger partial charge on any atom is -0.503 e. The predicted octanol–water partition coefficient (Wildman–Crippen LogP) is 4.48. The molecule has 3 amide bonds. The Kier molecular flexibility index (Phi) is 10.4. The van der Waals surface area contributed by atoms with Crippen LogP contribution < -0.4 is 21.2 Å². The van der Waals surface area contributed by atoms with Gasteiger partial charge in [-0.2, -0.15) is 9.49 Å². The average molecular weight is 829 g/mol. The molecule has 1 atom stereocenters. The molecule has 1 unspecified atom stereocenters. The van der Waals surface area contributed by atoms with Crippen molar-refractivity contribution in [2.45, 2.75) is 69.1 Å². The van der Waals surface area contributed by atoms with E-state index in [0.29, 0.717) is 24.6 Å². The number of hydrogen-bond donors (Lipinski definition) is 3. The fraction of sp³-hybridized carbons (Fsp3) is 0.465. The monoisotopic (exact) mass is 828 g/mol. The Hall–Kier alpha value is -5.68. The number of rotatable bonds is 10. The molecule has 316 valence electrons. The summed E-state index contributed by atoms with van der Waals surface area (Å²) in [5.74, 6) is -7.76. The number of ether oxygens (including phenoxy) is 1. The number of anilines is 1. The third-order valence-corrected chi connectivity index (χ3v) is 12.9. The second kappa shape index (κ2) is 15.7. The molecule has 17 heteroatoms. The van der Waals surface area contributed by atoms with E-state index in [1.807, 2.05) is 22.9 Å². The molecule has 4 aliphatic rings. The smallest absolute Gasteiger partial charge is 0.329 e. The summed E-state index contributed by atoms with van der Waals surface area (Å²) in [5.41, 5.74) is 3.31. The molecule has 2 aromatic heterocycles. The van der Waals surface area contributed by atoms with E-state index in [9.17, 15) is 37.5 Å². The van der Waals surface area contributed by atoms with E-state index in [0.717, 1.165) is 98.9 Å². The summed E-state index contributed by atoms with van der Waals surface area (Å²) >= 11 is 0. The molecule has 5 heterocycles. The van der Waals surface area contributed by atoms with Gasteiger partial charge in [-0.25, -0.2) is 13.6 Å². The molecule has 5 aromatic rings. The number of phenols is 1. The van der Waals surface area contributed by atoms with Gasteiger partial charge in [0.15, 0.2) is 17.4 Å². The summed E-state index contributed by atoms with van der Waals surface area (Å²) in [6.45, 7) is 5.12. The molecular formula is C43H47F3N8O6. The number of nitrogens with zero attached hydrogens (tertiary/aromatic N) is 6. The normalized spacial score (nSPS) is 22.1. The Morgan fingerprint density at radius 1 is 0.983 bits per heavy atom. The van der Waals surface area contributed by atoms with Gasteiger partial charge in [0.1, 0.15) is 11.6 Å². The zero-order valence-corrected chi connectivity index (χ0v) is 33.3. The van der Waals surface area contributed by atoms with Gasteiger partial charge in [-0.3, -0.25) is 38.4 Å². The standard InChI is InChI=1S/C43H47F3N8O6/c1-50-35-17-25(6-11-33(35)54(42(50)59)34-12-13-36(55)48-41(34)58)3-2-14-51-15-16-60-43(22-51)23-52(24-43)29-10-7-27-21-53(49-32(27)18-29)28-8-4-26(5-9-28)20-47-40(57)30-19-31(44)39(56)38(46)37(30)45/h6-7,10-11,17-19,21,26,28,34,56H,2-5,8-9,12-16,20,22-24H2,1H3,(H,47,57)(H,48,55,58). The number of aryl methyl sites for hydroxylation is 2. The van der Waals surface area contributed by atoms with E-state index in [1.165, 1.54) is 4.57 Å². The lowest BCUT2D eigenvalue weighted by Gasteiger charge is -2.54. The fourth-order valence-electron chi connectivity index (χ4n) is 9.54. The third kappa shape index (κ3) is 7.42. The number of benzene rings is 3. The maximum atomic E-state index is 14.2. The van der Waals surface area contributed by atoms with Crippen LogP contribution in [0, 0.1) is 23.4 Å². The molecule has 1 spiro atoms. The number of morpholine rings is 1. The van der Waals surface area contributed by atoms with Crippen LogP contribution in [0.15, 0.2) is 53.5 Å². The lowest BCUT2D eigenvalue weighted by Crippen LogP contribution is -2.70. The number of fused-ring (bicyclic) bond motifs is 2. The molecule has 14 nitrogen and oxygen atoms in total. The van der Waals surface area contributed by atoms with Crippen LogP contribution in [0.3, 0.4) is 0 Å². The highest BCUT2D eigenvalue weighted by Gasteiger charge is 2.47. The van der Waals surface area contributed by atoms with E-state index in [1.54, 1.807) is 11.6 Å². The Morgan fingerprint density at radius 3 is 2.57 bits per heavy atom. The number of piperidine rings is 1. The minimum atomic E-state index is -1.78. The zero-order chi connectivity index (χ0) is 41.9. The van der Waals surface area contributed by atoms with Gasteiger partial charge in [0.05, 0.1) is 47.9 Å². The van der Waals surface area contributed by atoms with Crippen LogP contribution in [0.2, 0.25) is 0 Å². The molecule has 3 aromatic carbocycles. The van der Waals surface area contributed by atoms with Gasteiger partial charge >= 0.3 is 5.69 Å². The van der Waals surface area contributed by atoms with Gasteiger partial charge in [0, 0.05) is 50.4 Å². The number of imide groups is 1. The van der Waals surface area contributed by atoms with Crippen molar-refractivity contribution in [1.29, 1.82) is 0 Å². The van der Waals surface area contributed by atoms with Crippen molar-refractivity contribution >= 4 is 45.3 Å². The zero-order valence-electron chi connectivity index (χ0n) is 33.3. The first-order valence-electron chi connectivity index (χ1n) is 20.6. The van der Waals surface area contributed by atoms with E-state index >= 15 is 0 Å². The molecule has 3 aliphatic heterocycles. The van der Waals surface area contributed by atoms with Gasteiger partial charge in [-0.1, -0.05) is 6.07 Å². The van der Waals surface area contributed by atoms with Gasteiger partial charge in [-0.15, -0.1) is 0 Å². The topological polar surface area (TPSA) is 156 Å². The van der Waals surface area contributed by atoms with Crippen molar-refractivity contribution in [3.05, 3.63) is 87.7 Å². The number of aromatic hydroxyl groups is 1. The number of carbonyl (C=O) groups is 3. The van der Waals surface area contributed by atoms with Crippen LogP contribution in [0.25, 0.3) is 21.9 Å². The lowest BCUT2D eigenvalue weighted by molar-refractivity contribution is -0.135. The highest BCUT2D eigenvalue weighted by Crippen LogP contribution is 2.37. The number of nitrogens with one attached hydrogen (secondary N) is 2. The highest BCUT2D eigenvalue weighted by molar-refractivity contribution is 6.00. The second-order valence-corrected chi connectivity index (χ2v) is 16.9. The minimum absolute atomic E-state index is 0.120.